The lowest BCUT2D eigenvalue weighted by Crippen LogP contribution is -2.30. The molecule has 1 atom stereocenters. The van der Waals surface area contributed by atoms with Crippen LogP contribution in [-0.2, 0) is 9.59 Å². The van der Waals surface area contributed by atoms with Crippen molar-refractivity contribution in [1.29, 1.82) is 0 Å². The third kappa shape index (κ3) is 5.31. The Hall–Kier alpha value is -2.37. The number of anilines is 1. The molecule has 1 unspecified atom stereocenters. The largest absolute Gasteiger partial charge is 0.350 e. The highest BCUT2D eigenvalue weighted by molar-refractivity contribution is 5.98. The number of hydrogen-bond acceptors (Lipinski definition) is 3. The molecule has 3 amide bonds. The van der Waals surface area contributed by atoms with E-state index in [1.165, 1.54) is 0 Å². The molecule has 0 aliphatic carbocycles. The van der Waals surface area contributed by atoms with Crippen LogP contribution < -0.4 is 10.6 Å². The molecular formula is C19H27N3O3. The van der Waals surface area contributed by atoms with Gasteiger partial charge in [0.2, 0.25) is 11.8 Å². The zero-order chi connectivity index (χ0) is 18.4. The van der Waals surface area contributed by atoms with Crippen molar-refractivity contribution in [2.24, 2.45) is 5.92 Å². The van der Waals surface area contributed by atoms with Gasteiger partial charge in [-0.1, -0.05) is 13.3 Å². The lowest BCUT2D eigenvalue weighted by Gasteiger charge is -2.16. The van der Waals surface area contributed by atoms with Crippen molar-refractivity contribution in [3.63, 3.8) is 0 Å². The van der Waals surface area contributed by atoms with E-state index in [-0.39, 0.29) is 36.1 Å². The van der Waals surface area contributed by atoms with Gasteiger partial charge in [-0.3, -0.25) is 14.4 Å². The predicted molar refractivity (Wildman–Crippen MR) is 97.3 cm³/mol. The van der Waals surface area contributed by atoms with Crippen LogP contribution in [0.2, 0.25) is 0 Å². The minimum atomic E-state index is -0.312. The summed E-state index contributed by atoms with van der Waals surface area (Å²) in [4.78, 5) is 38.0. The molecule has 1 saturated heterocycles. The number of carbonyl (C=O) groups is 3. The van der Waals surface area contributed by atoms with E-state index in [9.17, 15) is 14.4 Å². The van der Waals surface area contributed by atoms with Crippen molar-refractivity contribution in [2.45, 2.75) is 46.1 Å². The van der Waals surface area contributed by atoms with Gasteiger partial charge in [0.15, 0.2) is 0 Å². The Bertz CT molecular complexity index is 625. The average molecular weight is 345 g/mol. The van der Waals surface area contributed by atoms with Crippen molar-refractivity contribution >= 4 is 23.4 Å². The molecule has 1 fully saturated rings. The van der Waals surface area contributed by atoms with Gasteiger partial charge in [0.05, 0.1) is 5.92 Å². The normalized spacial score (nSPS) is 17.0. The number of likely N-dealkylation sites (tertiary alicyclic amines) is 1. The zero-order valence-corrected chi connectivity index (χ0v) is 15.2. The summed E-state index contributed by atoms with van der Waals surface area (Å²) in [6, 6.07) is 6.85. The average Bonchev–Trinajstić information content (AvgIpc) is 2.94. The van der Waals surface area contributed by atoms with Gasteiger partial charge in [-0.15, -0.1) is 0 Å². The molecule has 2 rings (SSSR count). The Morgan fingerprint density at radius 2 is 1.92 bits per heavy atom. The van der Waals surface area contributed by atoms with Crippen molar-refractivity contribution < 1.29 is 14.4 Å². The molecule has 25 heavy (non-hydrogen) atoms. The van der Waals surface area contributed by atoms with Gasteiger partial charge in [0, 0.05) is 36.8 Å². The first-order valence-corrected chi connectivity index (χ1v) is 8.90. The van der Waals surface area contributed by atoms with Crippen molar-refractivity contribution in [1.82, 2.24) is 10.2 Å². The predicted octanol–water partition coefficient (Wildman–Crippen LogP) is 2.41. The minimum Gasteiger partial charge on any atom is -0.350 e. The van der Waals surface area contributed by atoms with Gasteiger partial charge in [-0.2, -0.15) is 0 Å². The molecule has 0 spiro atoms. The molecule has 1 aromatic rings. The fourth-order valence-electron chi connectivity index (χ4n) is 2.81. The molecule has 0 aromatic heterocycles. The second-order valence-electron chi connectivity index (χ2n) is 6.79. The molecule has 1 heterocycles. The van der Waals surface area contributed by atoms with E-state index < -0.39 is 0 Å². The highest BCUT2D eigenvalue weighted by Gasteiger charge is 2.33. The van der Waals surface area contributed by atoms with E-state index in [0.29, 0.717) is 17.8 Å². The topological polar surface area (TPSA) is 78.5 Å². The molecule has 6 nitrogen and oxygen atoms in total. The van der Waals surface area contributed by atoms with Crippen LogP contribution >= 0.6 is 0 Å². The van der Waals surface area contributed by atoms with Crippen molar-refractivity contribution in [3.8, 4) is 0 Å². The molecule has 1 aromatic carbocycles. The summed E-state index contributed by atoms with van der Waals surface area (Å²) in [5.74, 6) is -0.546. The number of nitrogens with zero attached hydrogens (tertiary/aromatic N) is 1. The molecule has 2 N–H and O–H groups in total. The standard InChI is InChI=1S/C19H27N3O3/c1-4-5-10-22-12-15(11-17(22)23)19(25)21-16-8-6-14(7-9-16)18(24)20-13(2)3/h6-9,13,15H,4-5,10-12H2,1-3H3,(H,20,24)(H,21,25). The number of hydrogen-bond donors (Lipinski definition) is 2. The fraction of sp³-hybridized carbons (Fsp3) is 0.526. The number of unbranched alkanes of at least 4 members (excludes halogenated alkanes) is 1. The Balaban J connectivity index is 1.90. The van der Waals surface area contributed by atoms with Crippen LogP contribution in [0.25, 0.3) is 0 Å². The molecule has 0 radical (unpaired) electrons. The summed E-state index contributed by atoms with van der Waals surface area (Å²) in [7, 11) is 0. The zero-order valence-electron chi connectivity index (χ0n) is 15.2. The van der Waals surface area contributed by atoms with E-state index in [0.717, 1.165) is 19.4 Å². The number of rotatable bonds is 7. The third-order valence-corrected chi connectivity index (χ3v) is 4.20. The van der Waals surface area contributed by atoms with Gasteiger partial charge in [-0.05, 0) is 44.5 Å². The second kappa shape index (κ2) is 8.65. The molecule has 0 saturated carbocycles. The van der Waals surface area contributed by atoms with Crippen LogP contribution in [0.5, 0.6) is 0 Å². The van der Waals surface area contributed by atoms with Gasteiger partial charge < -0.3 is 15.5 Å². The van der Waals surface area contributed by atoms with E-state index in [2.05, 4.69) is 17.6 Å². The summed E-state index contributed by atoms with van der Waals surface area (Å²) in [6.45, 7) is 7.09. The fourth-order valence-corrected chi connectivity index (χ4v) is 2.81. The van der Waals surface area contributed by atoms with Crippen LogP contribution in [-0.4, -0.2) is 41.8 Å². The first-order chi connectivity index (χ1) is 11.9. The molecule has 1 aliphatic rings. The van der Waals surface area contributed by atoms with E-state index >= 15 is 0 Å². The highest BCUT2D eigenvalue weighted by atomic mass is 16.2. The summed E-state index contributed by atoms with van der Waals surface area (Å²) in [5.41, 5.74) is 1.18. The quantitative estimate of drug-likeness (QED) is 0.796. The smallest absolute Gasteiger partial charge is 0.251 e. The first-order valence-electron chi connectivity index (χ1n) is 8.90. The maximum atomic E-state index is 12.4. The maximum Gasteiger partial charge on any atom is 0.251 e. The van der Waals surface area contributed by atoms with Crippen molar-refractivity contribution in [3.05, 3.63) is 29.8 Å². The molecule has 6 heteroatoms. The SMILES string of the molecule is CCCCN1CC(C(=O)Nc2ccc(C(=O)NC(C)C)cc2)CC1=O. The Labute approximate surface area is 149 Å². The van der Waals surface area contributed by atoms with Gasteiger partial charge >= 0.3 is 0 Å². The first kappa shape index (κ1) is 19.0. The Kier molecular flexibility index (Phi) is 6.56. The highest BCUT2D eigenvalue weighted by Crippen LogP contribution is 2.20. The second-order valence-corrected chi connectivity index (χ2v) is 6.79. The number of benzene rings is 1. The molecule has 0 bridgehead atoms. The number of nitrogens with one attached hydrogen (secondary N) is 2. The lowest BCUT2D eigenvalue weighted by atomic mass is 10.1. The van der Waals surface area contributed by atoms with E-state index in [4.69, 9.17) is 0 Å². The van der Waals surface area contributed by atoms with Crippen LogP contribution in [0.3, 0.4) is 0 Å². The summed E-state index contributed by atoms with van der Waals surface area (Å²) in [6.07, 6.45) is 2.25. The van der Waals surface area contributed by atoms with Crippen molar-refractivity contribution in [2.75, 3.05) is 18.4 Å². The molecule has 1 aliphatic heterocycles. The summed E-state index contributed by atoms with van der Waals surface area (Å²) < 4.78 is 0. The van der Waals surface area contributed by atoms with Gasteiger partial charge in [0.25, 0.3) is 5.91 Å². The van der Waals surface area contributed by atoms with Crippen LogP contribution in [0.1, 0.15) is 50.4 Å². The Morgan fingerprint density at radius 3 is 2.52 bits per heavy atom. The number of amides is 3. The maximum absolute atomic E-state index is 12.4. The summed E-state index contributed by atoms with van der Waals surface area (Å²) >= 11 is 0. The lowest BCUT2D eigenvalue weighted by molar-refractivity contribution is -0.128. The summed E-state index contributed by atoms with van der Waals surface area (Å²) in [5, 5.41) is 5.66. The van der Waals surface area contributed by atoms with Gasteiger partial charge in [0.1, 0.15) is 0 Å². The number of carbonyl (C=O) groups excluding carboxylic acids is 3. The van der Waals surface area contributed by atoms with Crippen LogP contribution in [0.4, 0.5) is 5.69 Å². The van der Waals surface area contributed by atoms with Crippen LogP contribution in [0, 0.1) is 5.92 Å². The van der Waals surface area contributed by atoms with E-state index in [1.807, 2.05) is 13.8 Å². The van der Waals surface area contributed by atoms with Crippen LogP contribution in [0.15, 0.2) is 24.3 Å². The van der Waals surface area contributed by atoms with Gasteiger partial charge in [-0.25, -0.2) is 0 Å². The molecular weight excluding hydrogens is 318 g/mol. The monoisotopic (exact) mass is 345 g/mol. The van der Waals surface area contributed by atoms with E-state index in [1.54, 1.807) is 29.2 Å². The minimum absolute atomic E-state index is 0.0503. The molecule has 136 valence electrons. The third-order valence-electron chi connectivity index (χ3n) is 4.20. The Morgan fingerprint density at radius 1 is 1.24 bits per heavy atom.